The van der Waals surface area contributed by atoms with Crippen LogP contribution in [0.15, 0.2) is 66.7 Å². The number of hydrogen-bond acceptors (Lipinski definition) is 4. The van der Waals surface area contributed by atoms with E-state index >= 15 is 0 Å². The van der Waals surface area contributed by atoms with Gasteiger partial charge >= 0.3 is 0 Å². The number of rotatable bonds is 6. The summed E-state index contributed by atoms with van der Waals surface area (Å²) in [7, 11) is 3.03. The lowest BCUT2D eigenvalue weighted by Crippen LogP contribution is -2.14. The van der Waals surface area contributed by atoms with Crippen LogP contribution in [0.1, 0.15) is 20.7 Å². The highest BCUT2D eigenvalue weighted by Crippen LogP contribution is 2.25. The Labute approximate surface area is 173 Å². The molecule has 0 spiro atoms. The Balaban J connectivity index is 1.67. The molecular weight excluding hydrogens is 392 g/mol. The number of hydrogen-bond donors (Lipinski definition) is 2. The van der Waals surface area contributed by atoms with Gasteiger partial charge in [-0.25, -0.2) is 0 Å². The zero-order valence-electron chi connectivity index (χ0n) is 15.9. The molecular formula is C22H19ClN2O4. The number of halogens is 1. The number of ether oxygens (including phenoxy) is 2. The molecule has 0 aliphatic carbocycles. The third-order valence-corrected chi connectivity index (χ3v) is 4.38. The van der Waals surface area contributed by atoms with Gasteiger partial charge in [-0.2, -0.15) is 0 Å². The predicted molar refractivity (Wildman–Crippen MR) is 113 cm³/mol. The van der Waals surface area contributed by atoms with Crippen LogP contribution in [0.4, 0.5) is 11.4 Å². The third-order valence-electron chi connectivity index (χ3n) is 4.14. The van der Waals surface area contributed by atoms with E-state index in [0.717, 1.165) is 0 Å². The predicted octanol–water partition coefficient (Wildman–Crippen LogP) is 4.86. The van der Waals surface area contributed by atoms with Gasteiger partial charge in [0.1, 0.15) is 11.5 Å². The summed E-state index contributed by atoms with van der Waals surface area (Å²) in [5.74, 6) is 0.415. The molecule has 0 saturated carbocycles. The highest BCUT2D eigenvalue weighted by atomic mass is 35.5. The molecule has 0 fully saturated rings. The van der Waals surface area contributed by atoms with Gasteiger partial charge in [0.2, 0.25) is 0 Å². The maximum atomic E-state index is 12.6. The summed E-state index contributed by atoms with van der Waals surface area (Å²) in [6.07, 6.45) is 0. The van der Waals surface area contributed by atoms with Crippen molar-refractivity contribution < 1.29 is 19.1 Å². The molecule has 0 aliphatic heterocycles. The number of carbonyl (C=O) groups is 2. The molecule has 3 aromatic carbocycles. The van der Waals surface area contributed by atoms with Gasteiger partial charge in [0.25, 0.3) is 11.8 Å². The number of anilines is 2. The zero-order chi connectivity index (χ0) is 20.8. The average Bonchev–Trinajstić information content (AvgIpc) is 2.74. The van der Waals surface area contributed by atoms with E-state index in [1.165, 1.54) is 7.11 Å². The van der Waals surface area contributed by atoms with Gasteiger partial charge in [0.05, 0.1) is 19.8 Å². The van der Waals surface area contributed by atoms with Gasteiger partial charge < -0.3 is 20.1 Å². The summed E-state index contributed by atoms with van der Waals surface area (Å²) in [5.41, 5.74) is 2.01. The Hall–Kier alpha value is -3.51. The molecule has 148 valence electrons. The molecule has 0 atom stereocenters. The molecule has 2 N–H and O–H groups in total. The van der Waals surface area contributed by atoms with Gasteiger partial charge in [-0.05, 0) is 54.6 Å². The van der Waals surface area contributed by atoms with Crippen LogP contribution in [-0.2, 0) is 0 Å². The highest BCUT2D eigenvalue weighted by Gasteiger charge is 2.14. The second-order valence-electron chi connectivity index (χ2n) is 6.06. The first kappa shape index (κ1) is 20.2. The molecule has 0 heterocycles. The smallest absolute Gasteiger partial charge is 0.259 e. The first-order chi connectivity index (χ1) is 14.0. The molecule has 3 aromatic rings. The van der Waals surface area contributed by atoms with Crippen molar-refractivity contribution in [2.75, 3.05) is 24.9 Å². The summed E-state index contributed by atoms with van der Waals surface area (Å²) in [5, 5.41) is 6.08. The van der Waals surface area contributed by atoms with Crippen molar-refractivity contribution in [3.05, 3.63) is 82.9 Å². The number of carbonyl (C=O) groups excluding carboxylic acids is 2. The van der Waals surface area contributed by atoms with Crippen LogP contribution in [0.3, 0.4) is 0 Å². The SMILES string of the molecule is COc1ccc(C(=O)Nc2ccc(NC(=O)c3cccc(Cl)c3)cc2)c(OC)c1. The lowest BCUT2D eigenvalue weighted by Gasteiger charge is -2.11. The first-order valence-electron chi connectivity index (χ1n) is 8.70. The molecule has 0 aromatic heterocycles. The fourth-order valence-corrected chi connectivity index (χ4v) is 2.84. The van der Waals surface area contributed by atoms with Crippen molar-refractivity contribution in [1.29, 1.82) is 0 Å². The number of methoxy groups -OCH3 is 2. The van der Waals surface area contributed by atoms with E-state index in [1.54, 1.807) is 73.8 Å². The number of benzene rings is 3. The van der Waals surface area contributed by atoms with E-state index in [1.807, 2.05) is 0 Å². The Kier molecular flexibility index (Phi) is 6.36. The average molecular weight is 411 g/mol. The molecule has 0 radical (unpaired) electrons. The van der Waals surface area contributed by atoms with Gasteiger partial charge in [-0.15, -0.1) is 0 Å². The third kappa shape index (κ3) is 5.06. The minimum atomic E-state index is -0.319. The molecule has 0 bridgehead atoms. The molecule has 3 rings (SSSR count). The van der Waals surface area contributed by atoms with Crippen LogP contribution >= 0.6 is 11.6 Å². The Bertz CT molecular complexity index is 1040. The lowest BCUT2D eigenvalue weighted by molar-refractivity contribution is 0.101. The normalized spacial score (nSPS) is 10.2. The summed E-state index contributed by atoms with van der Waals surface area (Å²) >= 11 is 5.91. The van der Waals surface area contributed by atoms with E-state index in [-0.39, 0.29) is 11.8 Å². The topological polar surface area (TPSA) is 76.7 Å². The van der Waals surface area contributed by atoms with Gasteiger partial charge in [0, 0.05) is 28.0 Å². The second-order valence-corrected chi connectivity index (χ2v) is 6.50. The Morgan fingerprint density at radius 2 is 1.45 bits per heavy atom. The van der Waals surface area contributed by atoms with Crippen LogP contribution in [0.5, 0.6) is 11.5 Å². The monoisotopic (exact) mass is 410 g/mol. The van der Waals surface area contributed by atoms with Crippen molar-refractivity contribution in [3.63, 3.8) is 0 Å². The largest absolute Gasteiger partial charge is 0.497 e. The fourth-order valence-electron chi connectivity index (χ4n) is 2.65. The van der Waals surface area contributed by atoms with Crippen LogP contribution in [0, 0.1) is 0 Å². The molecule has 7 heteroatoms. The minimum Gasteiger partial charge on any atom is -0.497 e. The van der Waals surface area contributed by atoms with E-state index in [9.17, 15) is 9.59 Å². The molecule has 6 nitrogen and oxygen atoms in total. The van der Waals surface area contributed by atoms with Crippen molar-refractivity contribution in [2.24, 2.45) is 0 Å². The maximum absolute atomic E-state index is 12.6. The molecule has 29 heavy (non-hydrogen) atoms. The van der Waals surface area contributed by atoms with Crippen LogP contribution in [-0.4, -0.2) is 26.0 Å². The number of nitrogens with one attached hydrogen (secondary N) is 2. The van der Waals surface area contributed by atoms with Crippen LogP contribution in [0.25, 0.3) is 0 Å². The van der Waals surface area contributed by atoms with Crippen molar-refractivity contribution in [3.8, 4) is 11.5 Å². The van der Waals surface area contributed by atoms with Crippen molar-refractivity contribution in [2.45, 2.75) is 0 Å². The zero-order valence-corrected chi connectivity index (χ0v) is 16.6. The summed E-state index contributed by atoms with van der Waals surface area (Å²) in [4.78, 5) is 24.8. The molecule has 0 aliphatic rings. The van der Waals surface area contributed by atoms with E-state index in [4.69, 9.17) is 21.1 Å². The molecule has 0 unspecified atom stereocenters. The second kappa shape index (κ2) is 9.12. The fraction of sp³-hybridized carbons (Fsp3) is 0.0909. The van der Waals surface area contributed by atoms with Gasteiger partial charge in [-0.1, -0.05) is 17.7 Å². The van der Waals surface area contributed by atoms with Gasteiger partial charge in [0.15, 0.2) is 0 Å². The Morgan fingerprint density at radius 1 is 0.793 bits per heavy atom. The number of amides is 2. The Morgan fingerprint density at radius 3 is 2.03 bits per heavy atom. The standard InChI is InChI=1S/C22H19ClN2O4/c1-28-18-10-11-19(20(13-18)29-2)22(27)25-17-8-6-16(7-9-17)24-21(26)14-4-3-5-15(23)12-14/h3-13H,1-2H3,(H,24,26)(H,25,27). The van der Waals surface area contributed by atoms with Gasteiger partial charge in [-0.3, -0.25) is 9.59 Å². The highest BCUT2D eigenvalue weighted by molar-refractivity contribution is 6.31. The molecule has 0 saturated heterocycles. The lowest BCUT2D eigenvalue weighted by atomic mass is 10.1. The first-order valence-corrected chi connectivity index (χ1v) is 9.08. The molecule has 2 amide bonds. The maximum Gasteiger partial charge on any atom is 0.259 e. The van der Waals surface area contributed by atoms with E-state index in [0.29, 0.717) is 39.0 Å². The quantitative estimate of drug-likeness (QED) is 0.608. The summed E-state index contributed by atoms with van der Waals surface area (Å²) in [6.45, 7) is 0. The van der Waals surface area contributed by atoms with Crippen LogP contribution in [0.2, 0.25) is 5.02 Å². The van der Waals surface area contributed by atoms with Crippen molar-refractivity contribution in [1.82, 2.24) is 0 Å². The minimum absolute atomic E-state index is 0.271. The van der Waals surface area contributed by atoms with E-state index < -0.39 is 0 Å². The van der Waals surface area contributed by atoms with Crippen LogP contribution < -0.4 is 20.1 Å². The van der Waals surface area contributed by atoms with E-state index in [2.05, 4.69) is 10.6 Å². The van der Waals surface area contributed by atoms with Crippen molar-refractivity contribution >= 4 is 34.8 Å². The summed E-state index contributed by atoms with van der Waals surface area (Å²) < 4.78 is 10.4. The summed E-state index contributed by atoms with van der Waals surface area (Å²) in [6, 6.07) is 18.4.